The van der Waals surface area contributed by atoms with Crippen LogP contribution >= 0.6 is 27.3 Å². The van der Waals surface area contributed by atoms with Crippen LogP contribution in [0.5, 0.6) is 0 Å². The van der Waals surface area contributed by atoms with Crippen molar-refractivity contribution in [2.75, 3.05) is 11.9 Å². The van der Waals surface area contributed by atoms with Crippen LogP contribution in [0.1, 0.15) is 26.7 Å². The van der Waals surface area contributed by atoms with Gasteiger partial charge < -0.3 is 5.32 Å². The third-order valence-electron chi connectivity index (χ3n) is 4.06. The van der Waals surface area contributed by atoms with Gasteiger partial charge in [0.15, 0.2) is 5.13 Å². The van der Waals surface area contributed by atoms with Gasteiger partial charge >= 0.3 is 0 Å². The smallest absolute Gasteiger partial charge is 0.183 e. The number of thiazole rings is 1. The predicted octanol–water partition coefficient (Wildman–Crippen LogP) is 4.91. The van der Waals surface area contributed by atoms with E-state index >= 15 is 0 Å². The number of hydrogen-bond donors (Lipinski definition) is 1. The molecule has 1 fully saturated rings. The number of anilines is 1. The Labute approximate surface area is 120 Å². The summed E-state index contributed by atoms with van der Waals surface area (Å²) in [5.41, 5.74) is 1.61. The van der Waals surface area contributed by atoms with Crippen molar-refractivity contribution in [2.45, 2.75) is 26.7 Å². The lowest BCUT2D eigenvalue weighted by Gasteiger charge is -2.19. The van der Waals surface area contributed by atoms with Crippen molar-refractivity contribution in [1.29, 1.82) is 0 Å². The molecular weight excluding hydrogens is 308 g/mol. The maximum Gasteiger partial charge on any atom is 0.183 e. The van der Waals surface area contributed by atoms with Crippen molar-refractivity contribution in [3.05, 3.63) is 22.7 Å². The van der Waals surface area contributed by atoms with Gasteiger partial charge in [0, 0.05) is 11.0 Å². The van der Waals surface area contributed by atoms with Crippen molar-refractivity contribution in [3.8, 4) is 0 Å². The zero-order chi connectivity index (χ0) is 12.8. The van der Waals surface area contributed by atoms with Crippen LogP contribution in [0.4, 0.5) is 5.13 Å². The van der Waals surface area contributed by atoms with Gasteiger partial charge in [0.25, 0.3) is 0 Å². The summed E-state index contributed by atoms with van der Waals surface area (Å²) in [6.07, 6.45) is 2.71. The lowest BCUT2D eigenvalue weighted by molar-refractivity contribution is 0.380. The van der Waals surface area contributed by atoms with Crippen LogP contribution in [0.3, 0.4) is 0 Å². The first-order valence-electron chi connectivity index (χ1n) is 6.39. The summed E-state index contributed by atoms with van der Waals surface area (Å²) < 4.78 is 2.35. The Morgan fingerprint density at radius 3 is 2.89 bits per heavy atom. The predicted molar refractivity (Wildman–Crippen MR) is 82.3 cm³/mol. The molecule has 4 heteroatoms. The second-order valence-corrected chi connectivity index (χ2v) is 7.45. The third-order valence-corrected chi connectivity index (χ3v) is 5.53. The number of nitrogens with zero attached hydrogens (tertiary/aromatic N) is 1. The van der Waals surface area contributed by atoms with Gasteiger partial charge in [0.1, 0.15) is 0 Å². The standard InChI is InChI=1S/C14H17BrN2S/c1-9(2)14(5-6-14)8-16-13-17-11-4-3-10(15)7-12(11)18-13/h3-4,7,9H,5-6,8H2,1-2H3,(H,16,17). The average molecular weight is 325 g/mol. The molecule has 1 aliphatic rings. The van der Waals surface area contributed by atoms with Crippen LogP contribution in [0.15, 0.2) is 22.7 Å². The van der Waals surface area contributed by atoms with Crippen molar-refractivity contribution < 1.29 is 0 Å². The third kappa shape index (κ3) is 2.28. The number of aromatic nitrogens is 1. The molecule has 1 aliphatic carbocycles. The molecule has 0 saturated heterocycles. The van der Waals surface area contributed by atoms with Gasteiger partial charge in [0.2, 0.25) is 0 Å². The first-order valence-corrected chi connectivity index (χ1v) is 8.00. The van der Waals surface area contributed by atoms with E-state index in [1.54, 1.807) is 11.3 Å². The van der Waals surface area contributed by atoms with Crippen molar-refractivity contribution in [2.24, 2.45) is 11.3 Å². The Kier molecular flexibility index (Phi) is 3.10. The number of halogens is 1. The fraction of sp³-hybridized carbons (Fsp3) is 0.500. The SMILES string of the molecule is CC(C)C1(CNc2nc3ccc(Br)cc3s2)CC1. The molecule has 1 saturated carbocycles. The van der Waals surface area contributed by atoms with Gasteiger partial charge in [0.05, 0.1) is 10.2 Å². The molecule has 0 radical (unpaired) electrons. The molecule has 1 aromatic carbocycles. The number of nitrogens with one attached hydrogen (secondary N) is 1. The van der Waals surface area contributed by atoms with Crippen LogP contribution in [-0.4, -0.2) is 11.5 Å². The molecule has 0 bridgehead atoms. The zero-order valence-corrected chi connectivity index (χ0v) is 13.1. The van der Waals surface area contributed by atoms with Gasteiger partial charge in [-0.15, -0.1) is 0 Å². The first-order chi connectivity index (χ1) is 8.59. The Bertz CT molecular complexity index is 572. The maximum atomic E-state index is 4.63. The lowest BCUT2D eigenvalue weighted by Crippen LogP contribution is -2.20. The second kappa shape index (κ2) is 4.49. The molecule has 0 atom stereocenters. The second-order valence-electron chi connectivity index (χ2n) is 5.50. The summed E-state index contributed by atoms with van der Waals surface area (Å²) in [7, 11) is 0. The van der Waals surface area contributed by atoms with E-state index in [-0.39, 0.29) is 0 Å². The van der Waals surface area contributed by atoms with Crippen LogP contribution in [0.25, 0.3) is 10.2 Å². The Hall–Kier alpha value is -0.610. The Balaban J connectivity index is 1.75. The van der Waals surface area contributed by atoms with Crippen molar-refractivity contribution in [1.82, 2.24) is 4.98 Å². The van der Waals surface area contributed by atoms with Crippen LogP contribution in [0.2, 0.25) is 0 Å². The van der Waals surface area contributed by atoms with Crippen LogP contribution < -0.4 is 5.32 Å². The van der Waals surface area contributed by atoms with E-state index < -0.39 is 0 Å². The van der Waals surface area contributed by atoms with E-state index in [1.165, 1.54) is 17.5 Å². The van der Waals surface area contributed by atoms with Gasteiger partial charge in [-0.25, -0.2) is 4.98 Å². The van der Waals surface area contributed by atoms with Gasteiger partial charge in [-0.3, -0.25) is 0 Å². The van der Waals surface area contributed by atoms with E-state index in [0.29, 0.717) is 5.41 Å². The minimum absolute atomic E-state index is 0.526. The number of rotatable bonds is 4. The summed E-state index contributed by atoms with van der Waals surface area (Å²) in [5.74, 6) is 0.758. The Morgan fingerprint density at radius 2 is 2.22 bits per heavy atom. The highest BCUT2D eigenvalue weighted by Gasteiger charge is 2.45. The summed E-state index contributed by atoms with van der Waals surface area (Å²) in [6, 6.07) is 6.24. The van der Waals surface area contributed by atoms with Gasteiger partial charge in [-0.1, -0.05) is 41.1 Å². The van der Waals surface area contributed by atoms with E-state index in [1.807, 2.05) is 6.07 Å². The molecule has 0 amide bonds. The highest BCUT2D eigenvalue weighted by atomic mass is 79.9. The molecule has 0 unspecified atom stereocenters. The van der Waals surface area contributed by atoms with Crippen LogP contribution in [-0.2, 0) is 0 Å². The molecule has 0 aliphatic heterocycles. The summed E-state index contributed by atoms with van der Waals surface area (Å²) >= 11 is 5.24. The average Bonchev–Trinajstić information content (AvgIpc) is 3.02. The summed E-state index contributed by atoms with van der Waals surface area (Å²) in [4.78, 5) is 4.63. The molecule has 2 nitrogen and oxygen atoms in total. The number of hydrogen-bond acceptors (Lipinski definition) is 3. The lowest BCUT2D eigenvalue weighted by atomic mass is 9.92. The minimum atomic E-state index is 0.526. The molecule has 1 N–H and O–H groups in total. The molecule has 1 heterocycles. The van der Waals surface area contributed by atoms with Gasteiger partial charge in [-0.05, 0) is 42.4 Å². The largest absolute Gasteiger partial charge is 0.361 e. The van der Waals surface area contributed by atoms with Crippen molar-refractivity contribution in [3.63, 3.8) is 0 Å². The van der Waals surface area contributed by atoms with E-state index in [4.69, 9.17) is 0 Å². The summed E-state index contributed by atoms with van der Waals surface area (Å²) in [5, 5.41) is 4.58. The first kappa shape index (κ1) is 12.4. The molecule has 2 aromatic rings. The van der Waals surface area contributed by atoms with Gasteiger partial charge in [-0.2, -0.15) is 0 Å². The fourth-order valence-electron chi connectivity index (χ4n) is 2.34. The Morgan fingerprint density at radius 1 is 1.44 bits per heavy atom. The highest BCUT2D eigenvalue weighted by molar-refractivity contribution is 9.10. The molecule has 18 heavy (non-hydrogen) atoms. The number of fused-ring (bicyclic) bond motifs is 1. The van der Waals surface area contributed by atoms with Crippen LogP contribution in [0, 0.1) is 11.3 Å². The molecule has 0 spiro atoms. The van der Waals surface area contributed by atoms with E-state index in [2.05, 4.69) is 52.2 Å². The van der Waals surface area contributed by atoms with Crippen molar-refractivity contribution >= 4 is 42.6 Å². The summed E-state index contributed by atoms with van der Waals surface area (Å²) in [6.45, 7) is 5.71. The quantitative estimate of drug-likeness (QED) is 0.864. The van der Waals surface area contributed by atoms with E-state index in [0.717, 1.165) is 27.6 Å². The molecular formula is C14H17BrN2S. The van der Waals surface area contributed by atoms with E-state index in [9.17, 15) is 0 Å². The minimum Gasteiger partial charge on any atom is -0.361 e. The molecule has 1 aromatic heterocycles. The number of benzene rings is 1. The highest BCUT2D eigenvalue weighted by Crippen LogP contribution is 2.51. The molecule has 3 rings (SSSR count). The fourth-order valence-corrected chi connectivity index (χ4v) is 3.76. The topological polar surface area (TPSA) is 24.9 Å². The monoisotopic (exact) mass is 324 g/mol. The zero-order valence-electron chi connectivity index (χ0n) is 10.7. The maximum absolute atomic E-state index is 4.63. The molecule has 96 valence electrons. The normalized spacial score (nSPS) is 17.3.